The van der Waals surface area contributed by atoms with E-state index in [1.165, 1.54) is 7.11 Å². The summed E-state index contributed by atoms with van der Waals surface area (Å²) in [5, 5.41) is 6.44. The number of carbonyl (C=O) groups excluding carboxylic acids is 1. The van der Waals surface area contributed by atoms with E-state index < -0.39 is 0 Å². The Labute approximate surface area is 73.7 Å². The van der Waals surface area contributed by atoms with Gasteiger partial charge in [0.25, 0.3) is 0 Å². The summed E-state index contributed by atoms with van der Waals surface area (Å²) < 4.78 is 4.26. The number of ether oxygens (including phenoxy) is 1. The van der Waals surface area contributed by atoms with E-state index in [-0.39, 0.29) is 5.97 Å². The zero-order valence-electron chi connectivity index (χ0n) is 7.85. The van der Waals surface area contributed by atoms with Crippen molar-refractivity contribution in [3.63, 3.8) is 0 Å². The highest BCUT2D eigenvalue weighted by Gasteiger charge is 1.91. The van der Waals surface area contributed by atoms with E-state index in [1.54, 1.807) is 6.92 Å². The predicted molar refractivity (Wildman–Crippen MR) is 48.0 cm³/mol. The van der Waals surface area contributed by atoms with Gasteiger partial charge in [0.1, 0.15) is 0 Å². The SMILES string of the molecule is C1CNCCN1.CCC(=O)OC. The molecule has 0 bridgehead atoms. The first-order valence-electron chi connectivity index (χ1n) is 4.29. The summed E-state index contributed by atoms with van der Waals surface area (Å²) in [5.41, 5.74) is 0. The Morgan fingerprint density at radius 3 is 1.75 bits per heavy atom. The minimum atomic E-state index is -0.157. The molecule has 1 heterocycles. The average molecular weight is 174 g/mol. The number of nitrogens with one attached hydrogen (secondary N) is 2. The van der Waals surface area contributed by atoms with Crippen LogP contribution in [0.5, 0.6) is 0 Å². The molecule has 12 heavy (non-hydrogen) atoms. The molecule has 0 unspecified atom stereocenters. The maximum absolute atomic E-state index is 9.96. The molecule has 1 saturated heterocycles. The fraction of sp³-hybridized carbons (Fsp3) is 0.875. The van der Waals surface area contributed by atoms with Crippen LogP contribution in [0, 0.1) is 0 Å². The number of methoxy groups -OCH3 is 1. The van der Waals surface area contributed by atoms with E-state index in [2.05, 4.69) is 15.4 Å². The van der Waals surface area contributed by atoms with Crippen molar-refractivity contribution in [2.75, 3.05) is 33.3 Å². The minimum absolute atomic E-state index is 0.157. The Kier molecular flexibility index (Phi) is 8.05. The van der Waals surface area contributed by atoms with Crippen LogP contribution < -0.4 is 10.6 Å². The Morgan fingerprint density at radius 2 is 1.67 bits per heavy atom. The second-order valence-electron chi connectivity index (χ2n) is 2.43. The molecule has 0 aromatic carbocycles. The van der Waals surface area contributed by atoms with Crippen LogP contribution in [-0.4, -0.2) is 39.3 Å². The van der Waals surface area contributed by atoms with Crippen molar-refractivity contribution in [1.29, 1.82) is 0 Å². The third-order valence-corrected chi connectivity index (χ3v) is 1.47. The zero-order valence-corrected chi connectivity index (χ0v) is 7.85. The molecule has 0 aliphatic carbocycles. The molecule has 0 aromatic rings. The molecular formula is C8H18N2O2. The predicted octanol–water partition coefficient (Wildman–Crippen LogP) is -0.251. The van der Waals surface area contributed by atoms with Crippen LogP contribution in [0.15, 0.2) is 0 Å². The molecule has 4 nitrogen and oxygen atoms in total. The van der Waals surface area contributed by atoms with Crippen LogP contribution in [0.1, 0.15) is 13.3 Å². The fourth-order valence-corrected chi connectivity index (χ4v) is 0.748. The van der Waals surface area contributed by atoms with Gasteiger partial charge >= 0.3 is 5.97 Å². The standard InChI is InChI=1S/C4H10N2.C4H8O2/c1-2-6-4-3-5-1;1-3-4(5)6-2/h5-6H,1-4H2;3H2,1-2H3. The molecular weight excluding hydrogens is 156 g/mol. The lowest BCUT2D eigenvalue weighted by molar-refractivity contribution is -0.140. The van der Waals surface area contributed by atoms with Gasteiger partial charge in [-0.3, -0.25) is 4.79 Å². The normalized spacial score (nSPS) is 15.8. The van der Waals surface area contributed by atoms with Gasteiger partial charge in [0.2, 0.25) is 0 Å². The molecule has 0 aromatic heterocycles. The molecule has 72 valence electrons. The highest BCUT2D eigenvalue weighted by molar-refractivity contribution is 5.68. The lowest BCUT2D eigenvalue weighted by atomic mass is 10.4. The van der Waals surface area contributed by atoms with Crippen molar-refractivity contribution < 1.29 is 9.53 Å². The van der Waals surface area contributed by atoms with E-state index in [9.17, 15) is 4.79 Å². The molecule has 1 aliphatic rings. The Morgan fingerprint density at radius 1 is 1.25 bits per heavy atom. The van der Waals surface area contributed by atoms with Gasteiger partial charge in [-0.25, -0.2) is 0 Å². The van der Waals surface area contributed by atoms with Gasteiger partial charge in [0.15, 0.2) is 0 Å². The van der Waals surface area contributed by atoms with Gasteiger partial charge < -0.3 is 15.4 Å². The lowest BCUT2D eigenvalue weighted by Gasteiger charge is -2.11. The minimum Gasteiger partial charge on any atom is -0.469 e. The molecule has 1 fully saturated rings. The van der Waals surface area contributed by atoms with Gasteiger partial charge in [-0.1, -0.05) is 6.92 Å². The maximum atomic E-state index is 9.96. The number of hydrogen-bond donors (Lipinski definition) is 2. The first-order valence-corrected chi connectivity index (χ1v) is 4.29. The van der Waals surface area contributed by atoms with Crippen molar-refractivity contribution in [2.45, 2.75) is 13.3 Å². The molecule has 0 atom stereocenters. The van der Waals surface area contributed by atoms with Crippen LogP contribution in [0.4, 0.5) is 0 Å². The largest absolute Gasteiger partial charge is 0.469 e. The Hall–Kier alpha value is -0.610. The number of esters is 1. The molecule has 0 saturated carbocycles. The van der Waals surface area contributed by atoms with Gasteiger partial charge in [-0.2, -0.15) is 0 Å². The van der Waals surface area contributed by atoms with Crippen molar-refractivity contribution >= 4 is 5.97 Å². The summed E-state index contributed by atoms with van der Waals surface area (Å²) in [6, 6.07) is 0. The summed E-state index contributed by atoms with van der Waals surface area (Å²) in [6.07, 6.45) is 0.469. The summed E-state index contributed by atoms with van der Waals surface area (Å²) in [7, 11) is 1.38. The monoisotopic (exact) mass is 174 g/mol. The molecule has 0 amide bonds. The zero-order chi connectivity index (χ0) is 9.23. The molecule has 0 radical (unpaired) electrons. The molecule has 1 aliphatic heterocycles. The third kappa shape index (κ3) is 7.50. The fourth-order valence-electron chi connectivity index (χ4n) is 0.748. The summed E-state index contributed by atoms with van der Waals surface area (Å²) >= 11 is 0. The number of hydrogen-bond acceptors (Lipinski definition) is 4. The second kappa shape index (κ2) is 8.49. The first-order chi connectivity index (χ1) is 5.81. The lowest BCUT2D eigenvalue weighted by Crippen LogP contribution is -2.39. The Balaban J connectivity index is 0.000000202. The highest BCUT2D eigenvalue weighted by atomic mass is 16.5. The van der Waals surface area contributed by atoms with E-state index in [1.807, 2.05) is 0 Å². The highest BCUT2D eigenvalue weighted by Crippen LogP contribution is 1.76. The average Bonchev–Trinajstić information content (AvgIpc) is 2.20. The van der Waals surface area contributed by atoms with Gasteiger partial charge in [0, 0.05) is 32.6 Å². The van der Waals surface area contributed by atoms with Crippen LogP contribution >= 0.6 is 0 Å². The second-order valence-corrected chi connectivity index (χ2v) is 2.43. The topological polar surface area (TPSA) is 50.4 Å². The van der Waals surface area contributed by atoms with Crippen molar-refractivity contribution in [1.82, 2.24) is 10.6 Å². The number of piperazine rings is 1. The molecule has 2 N–H and O–H groups in total. The van der Waals surface area contributed by atoms with E-state index in [0.717, 1.165) is 26.2 Å². The quantitative estimate of drug-likeness (QED) is 0.538. The summed E-state index contributed by atoms with van der Waals surface area (Å²) in [5.74, 6) is -0.157. The number of rotatable bonds is 1. The molecule has 4 heteroatoms. The van der Waals surface area contributed by atoms with Crippen molar-refractivity contribution in [3.05, 3.63) is 0 Å². The van der Waals surface area contributed by atoms with E-state index >= 15 is 0 Å². The first kappa shape index (κ1) is 11.4. The van der Waals surface area contributed by atoms with Crippen molar-refractivity contribution in [2.24, 2.45) is 0 Å². The maximum Gasteiger partial charge on any atom is 0.305 e. The van der Waals surface area contributed by atoms with E-state index in [4.69, 9.17) is 0 Å². The van der Waals surface area contributed by atoms with E-state index in [0.29, 0.717) is 6.42 Å². The van der Waals surface area contributed by atoms with Crippen molar-refractivity contribution in [3.8, 4) is 0 Å². The van der Waals surface area contributed by atoms with Crippen LogP contribution in [-0.2, 0) is 9.53 Å². The van der Waals surface area contributed by atoms with Gasteiger partial charge in [-0.05, 0) is 0 Å². The summed E-state index contributed by atoms with van der Waals surface area (Å²) in [6.45, 7) is 6.31. The Bertz CT molecular complexity index is 96.1. The molecule has 0 spiro atoms. The van der Waals surface area contributed by atoms with Crippen LogP contribution in [0.2, 0.25) is 0 Å². The van der Waals surface area contributed by atoms with Crippen LogP contribution in [0.25, 0.3) is 0 Å². The number of carbonyl (C=O) groups is 1. The summed E-state index contributed by atoms with van der Waals surface area (Å²) in [4.78, 5) is 9.96. The van der Waals surface area contributed by atoms with Crippen LogP contribution in [0.3, 0.4) is 0 Å². The van der Waals surface area contributed by atoms with Gasteiger partial charge in [-0.15, -0.1) is 0 Å². The third-order valence-electron chi connectivity index (χ3n) is 1.47. The van der Waals surface area contributed by atoms with Gasteiger partial charge in [0.05, 0.1) is 7.11 Å². The molecule has 1 rings (SSSR count). The smallest absolute Gasteiger partial charge is 0.305 e.